The molecular formula is C27H26ClF6NO. The summed E-state index contributed by atoms with van der Waals surface area (Å²) in [6.45, 7) is 0.911. The van der Waals surface area contributed by atoms with E-state index in [2.05, 4.69) is 5.32 Å². The fourth-order valence-electron chi connectivity index (χ4n) is 4.71. The van der Waals surface area contributed by atoms with Crippen LogP contribution in [0.5, 0.6) is 0 Å². The molecule has 0 bridgehead atoms. The zero-order valence-electron chi connectivity index (χ0n) is 19.2. The van der Waals surface area contributed by atoms with E-state index in [4.69, 9.17) is 4.74 Å². The lowest BCUT2D eigenvalue weighted by atomic mass is 9.76. The largest absolute Gasteiger partial charge is 0.416 e. The molecule has 0 aromatic heterocycles. The standard InChI is InChI=1S/C27H25F6NO.ClH/c28-26(29,30)21-13-18(14-22(15-21)27(31,32)33)17-35-24-11-12-34-16-23(24)25(19-7-3-1-4-8-19)20-9-5-2-6-10-20;/h1-10,13-15,23-25,34H,11-12,16-17H2;1H/t23-,24+;/m0./s1. The molecule has 1 saturated heterocycles. The number of hydrogen-bond acceptors (Lipinski definition) is 2. The summed E-state index contributed by atoms with van der Waals surface area (Å²) in [4.78, 5) is 0. The lowest BCUT2D eigenvalue weighted by Crippen LogP contribution is -2.44. The molecule has 3 aromatic carbocycles. The van der Waals surface area contributed by atoms with Crippen LogP contribution >= 0.6 is 12.4 Å². The smallest absolute Gasteiger partial charge is 0.373 e. The topological polar surface area (TPSA) is 21.3 Å². The Morgan fingerprint density at radius 2 is 1.28 bits per heavy atom. The van der Waals surface area contributed by atoms with Crippen molar-refractivity contribution in [2.45, 2.75) is 37.4 Å². The summed E-state index contributed by atoms with van der Waals surface area (Å²) in [5.41, 5.74) is -0.683. The van der Waals surface area contributed by atoms with Gasteiger partial charge in [-0.15, -0.1) is 12.4 Å². The van der Waals surface area contributed by atoms with Crippen molar-refractivity contribution in [1.82, 2.24) is 5.32 Å². The number of alkyl halides is 6. The highest BCUT2D eigenvalue weighted by Gasteiger charge is 2.38. The molecule has 1 aliphatic heterocycles. The molecule has 0 radical (unpaired) electrons. The average Bonchev–Trinajstić information content (AvgIpc) is 2.84. The zero-order valence-corrected chi connectivity index (χ0v) is 20.0. The predicted octanol–water partition coefficient (Wildman–Crippen LogP) is 7.47. The van der Waals surface area contributed by atoms with Crippen molar-refractivity contribution in [3.05, 3.63) is 107 Å². The van der Waals surface area contributed by atoms with Gasteiger partial charge < -0.3 is 10.1 Å². The van der Waals surface area contributed by atoms with Crippen LogP contribution < -0.4 is 5.32 Å². The number of benzene rings is 3. The van der Waals surface area contributed by atoms with Gasteiger partial charge in [-0.2, -0.15) is 26.3 Å². The van der Waals surface area contributed by atoms with Gasteiger partial charge in [0.25, 0.3) is 0 Å². The molecule has 194 valence electrons. The third-order valence-corrected chi connectivity index (χ3v) is 6.32. The van der Waals surface area contributed by atoms with E-state index < -0.39 is 23.5 Å². The molecule has 0 spiro atoms. The van der Waals surface area contributed by atoms with E-state index in [1.165, 1.54) is 0 Å². The second kappa shape index (κ2) is 11.7. The molecule has 3 aromatic rings. The predicted molar refractivity (Wildman–Crippen MR) is 128 cm³/mol. The summed E-state index contributed by atoms with van der Waals surface area (Å²) < 4.78 is 85.6. The van der Waals surface area contributed by atoms with Crippen molar-refractivity contribution >= 4 is 12.4 Å². The fraction of sp³-hybridized carbons (Fsp3) is 0.333. The Morgan fingerprint density at radius 3 is 1.75 bits per heavy atom. The lowest BCUT2D eigenvalue weighted by Gasteiger charge is -2.38. The first kappa shape index (κ1) is 28.0. The van der Waals surface area contributed by atoms with E-state index in [-0.39, 0.29) is 48.6 Å². The maximum absolute atomic E-state index is 13.3. The highest BCUT2D eigenvalue weighted by Crippen LogP contribution is 2.39. The fourth-order valence-corrected chi connectivity index (χ4v) is 4.71. The molecule has 1 fully saturated rings. The molecule has 0 aliphatic carbocycles. The van der Waals surface area contributed by atoms with Crippen LogP contribution in [0.25, 0.3) is 0 Å². The molecule has 9 heteroatoms. The molecule has 1 N–H and O–H groups in total. The third kappa shape index (κ3) is 6.81. The zero-order chi connectivity index (χ0) is 25.1. The molecule has 36 heavy (non-hydrogen) atoms. The molecule has 2 nitrogen and oxygen atoms in total. The summed E-state index contributed by atoms with van der Waals surface area (Å²) in [6.07, 6.45) is -9.55. The Hall–Kier alpha value is -2.55. The minimum Gasteiger partial charge on any atom is -0.373 e. The van der Waals surface area contributed by atoms with Gasteiger partial charge in [-0.3, -0.25) is 0 Å². The van der Waals surface area contributed by atoms with Crippen molar-refractivity contribution in [3.63, 3.8) is 0 Å². The van der Waals surface area contributed by atoms with Gasteiger partial charge in [0, 0.05) is 18.4 Å². The van der Waals surface area contributed by atoms with Gasteiger partial charge in [0.15, 0.2) is 0 Å². The van der Waals surface area contributed by atoms with Crippen LogP contribution in [-0.4, -0.2) is 19.2 Å². The van der Waals surface area contributed by atoms with Gasteiger partial charge in [0.1, 0.15) is 0 Å². The van der Waals surface area contributed by atoms with Crippen LogP contribution in [0.15, 0.2) is 78.9 Å². The molecular weight excluding hydrogens is 504 g/mol. The molecule has 0 unspecified atom stereocenters. The van der Waals surface area contributed by atoms with E-state index in [1.807, 2.05) is 60.7 Å². The highest BCUT2D eigenvalue weighted by atomic mass is 35.5. The first-order valence-corrected chi connectivity index (χ1v) is 11.3. The average molecular weight is 530 g/mol. The van der Waals surface area contributed by atoms with Gasteiger partial charge >= 0.3 is 12.4 Å². The number of halogens is 7. The maximum atomic E-state index is 13.3. The summed E-state index contributed by atoms with van der Waals surface area (Å²) in [6, 6.07) is 21.3. The molecule has 0 amide bonds. The monoisotopic (exact) mass is 529 g/mol. The van der Waals surface area contributed by atoms with E-state index >= 15 is 0 Å². The van der Waals surface area contributed by atoms with Gasteiger partial charge in [0.05, 0.1) is 23.8 Å². The van der Waals surface area contributed by atoms with E-state index in [0.717, 1.165) is 23.3 Å². The van der Waals surface area contributed by atoms with Crippen molar-refractivity contribution in [3.8, 4) is 0 Å². The first-order chi connectivity index (χ1) is 16.6. The molecule has 2 atom stereocenters. The Balaban J connectivity index is 0.00000361. The summed E-state index contributed by atoms with van der Waals surface area (Å²) in [5, 5.41) is 3.36. The Morgan fingerprint density at radius 1 is 0.778 bits per heavy atom. The van der Waals surface area contributed by atoms with E-state index in [9.17, 15) is 26.3 Å². The highest BCUT2D eigenvalue weighted by molar-refractivity contribution is 5.85. The van der Waals surface area contributed by atoms with Crippen LogP contribution in [0.1, 0.15) is 40.2 Å². The SMILES string of the molecule is Cl.FC(F)(F)c1cc(CO[C@@H]2CCNC[C@@H]2C(c2ccccc2)c2ccccc2)cc(C(F)(F)F)c1. The van der Waals surface area contributed by atoms with Crippen LogP contribution in [0, 0.1) is 5.92 Å². The maximum Gasteiger partial charge on any atom is 0.416 e. The number of hydrogen-bond donors (Lipinski definition) is 1. The van der Waals surface area contributed by atoms with Crippen molar-refractivity contribution < 1.29 is 31.1 Å². The van der Waals surface area contributed by atoms with Crippen molar-refractivity contribution in [1.29, 1.82) is 0 Å². The number of nitrogens with one attached hydrogen (secondary N) is 1. The molecule has 4 rings (SSSR count). The third-order valence-electron chi connectivity index (χ3n) is 6.32. The Labute approximate surface area is 212 Å². The van der Waals surface area contributed by atoms with E-state index in [1.54, 1.807) is 0 Å². The number of rotatable bonds is 6. The number of ether oxygens (including phenoxy) is 1. The Bertz CT molecular complexity index is 1030. The minimum absolute atomic E-state index is 0. The minimum atomic E-state index is -4.89. The summed E-state index contributed by atoms with van der Waals surface area (Å²) in [5.74, 6) is -0.121. The van der Waals surface area contributed by atoms with Crippen LogP contribution in [0.3, 0.4) is 0 Å². The second-order valence-electron chi connectivity index (χ2n) is 8.72. The van der Waals surface area contributed by atoms with Crippen LogP contribution in [0.2, 0.25) is 0 Å². The second-order valence-corrected chi connectivity index (χ2v) is 8.72. The van der Waals surface area contributed by atoms with Crippen LogP contribution in [0.4, 0.5) is 26.3 Å². The molecule has 0 saturated carbocycles. The molecule has 1 aliphatic rings. The summed E-state index contributed by atoms with van der Waals surface area (Å²) >= 11 is 0. The quantitative estimate of drug-likeness (QED) is 0.334. The van der Waals surface area contributed by atoms with Crippen molar-refractivity contribution in [2.75, 3.05) is 13.1 Å². The normalized spacial score (nSPS) is 18.6. The lowest BCUT2D eigenvalue weighted by molar-refractivity contribution is -0.143. The summed E-state index contributed by atoms with van der Waals surface area (Å²) in [7, 11) is 0. The van der Waals surface area contributed by atoms with E-state index in [0.29, 0.717) is 19.5 Å². The Kier molecular flexibility index (Phi) is 9.08. The van der Waals surface area contributed by atoms with Crippen molar-refractivity contribution in [2.24, 2.45) is 5.92 Å². The van der Waals surface area contributed by atoms with Gasteiger partial charge in [0.2, 0.25) is 0 Å². The van der Waals surface area contributed by atoms with Crippen LogP contribution in [-0.2, 0) is 23.7 Å². The number of piperidine rings is 1. The first-order valence-electron chi connectivity index (χ1n) is 11.3. The van der Waals surface area contributed by atoms with Gasteiger partial charge in [-0.25, -0.2) is 0 Å². The molecule has 1 heterocycles. The van der Waals surface area contributed by atoms with Gasteiger partial charge in [-0.1, -0.05) is 60.7 Å². The van der Waals surface area contributed by atoms with Gasteiger partial charge in [-0.05, 0) is 47.9 Å².